The van der Waals surface area contributed by atoms with Crippen molar-refractivity contribution in [2.75, 3.05) is 11.0 Å². The number of pyridine rings is 1. The summed E-state index contributed by atoms with van der Waals surface area (Å²) in [6.07, 6.45) is -5.20. The smallest absolute Gasteiger partial charge is 0.378 e. The van der Waals surface area contributed by atoms with Crippen molar-refractivity contribution in [3.63, 3.8) is 0 Å². The molecule has 19 heteroatoms. The van der Waals surface area contributed by atoms with Crippen LogP contribution in [0.2, 0.25) is 5.02 Å². The summed E-state index contributed by atoms with van der Waals surface area (Å²) in [5.41, 5.74) is -3.58. The van der Waals surface area contributed by atoms with E-state index in [1.165, 1.54) is 38.1 Å². The molecule has 0 aliphatic heterocycles. The number of alkyl halides is 5. The van der Waals surface area contributed by atoms with Crippen LogP contribution in [0.1, 0.15) is 72.4 Å². The first kappa shape index (κ1) is 39.3. The molecule has 1 saturated carbocycles. The number of hydrogen-bond donors (Lipinski definition) is 3. The highest BCUT2D eigenvalue weighted by Crippen LogP contribution is 2.68. The molecular formula is C37H30ClF7N6O4S. The number of aliphatic hydroxyl groups is 1. The first-order valence-corrected chi connectivity index (χ1v) is 19.2. The summed E-state index contributed by atoms with van der Waals surface area (Å²) in [6, 6.07) is 8.65. The number of rotatable bonds is 10. The third-order valence-electron chi connectivity index (χ3n) is 9.46. The van der Waals surface area contributed by atoms with E-state index >= 15 is 8.78 Å². The fourth-order valence-corrected chi connectivity index (χ4v) is 7.99. The monoisotopic (exact) mass is 822 g/mol. The van der Waals surface area contributed by atoms with Gasteiger partial charge in [0.2, 0.25) is 10.0 Å². The number of carbonyl (C=O) groups is 1. The standard InChI is InChI=1S/C37H30ClF7N6O4S/c1-35(2,53)9-8-21-4-5-23(24-6-7-27(38)29-31(24)47-48-34(29)50-56(3,54)55)30(46-21)18(10-17-11-19(39)14-20(40)12-17)13-22(52)16-51-33-28(32(49-51)37(43,44)45)25-15-26(25)36(33,41)42/h4-7,11-12,14,18,25-26,53H,10,13,15-16H2,1-3H3,(H2,47,48,50)/t18-,25+,26-/m1/s1. The number of halogens is 8. The number of ketones is 1. The predicted octanol–water partition coefficient (Wildman–Crippen LogP) is 7.46. The van der Waals surface area contributed by atoms with E-state index in [0.717, 1.165) is 18.4 Å². The van der Waals surface area contributed by atoms with Gasteiger partial charge < -0.3 is 5.11 Å². The zero-order valence-corrected chi connectivity index (χ0v) is 31.1. The Labute approximate surface area is 319 Å². The molecule has 0 radical (unpaired) electrons. The zero-order valence-electron chi connectivity index (χ0n) is 29.5. The maximum absolute atomic E-state index is 15.4. The van der Waals surface area contributed by atoms with E-state index in [1.807, 2.05) is 0 Å². The number of sulfonamides is 1. The van der Waals surface area contributed by atoms with Crippen LogP contribution in [-0.4, -0.2) is 56.1 Å². The summed E-state index contributed by atoms with van der Waals surface area (Å²) in [4.78, 5) is 18.6. The van der Waals surface area contributed by atoms with Gasteiger partial charge in [-0.3, -0.25) is 19.3 Å². The summed E-state index contributed by atoms with van der Waals surface area (Å²) in [5.74, 6) is -4.72. The number of fused-ring (bicyclic) bond motifs is 4. The maximum atomic E-state index is 15.4. The second-order valence-corrected chi connectivity index (χ2v) is 16.6. The van der Waals surface area contributed by atoms with Gasteiger partial charge in [-0.15, -0.1) is 0 Å². The van der Waals surface area contributed by atoms with Gasteiger partial charge in [-0.05, 0) is 74.4 Å². The van der Waals surface area contributed by atoms with E-state index in [9.17, 15) is 40.3 Å². The number of anilines is 1. The van der Waals surface area contributed by atoms with Gasteiger partial charge >= 0.3 is 6.18 Å². The van der Waals surface area contributed by atoms with Crippen molar-refractivity contribution in [2.45, 2.75) is 69.2 Å². The van der Waals surface area contributed by atoms with Crippen molar-refractivity contribution in [1.29, 1.82) is 0 Å². The normalized spacial score (nSPS) is 17.9. The molecule has 0 bridgehead atoms. The average molecular weight is 823 g/mol. The minimum absolute atomic E-state index is 0.0504. The van der Waals surface area contributed by atoms with Crippen LogP contribution in [0.5, 0.6) is 0 Å². The molecule has 56 heavy (non-hydrogen) atoms. The Balaban J connectivity index is 1.37. The van der Waals surface area contributed by atoms with Gasteiger partial charge in [0, 0.05) is 41.0 Å². The van der Waals surface area contributed by atoms with Crippen LogP contribution in [0.4, 0.5) is 36.6 Å². The van der Waals surface area contributed by atoms with Gasteiger partial charge in [0.15, 0.2) is 17.3 Å². The number of benzene rings is 2. The second-order valence-electron chi connectivity index (χ2n) is 14.5. The average Bonchev–Trinajstić information content (AvgIpc) is 3.53. The highest BCUT2D eigenvalue weighted by Gasteiger charge is 2.68. The number of H-pyrrole nitrogens is 1. The van der Waals surface area contributed by atoms with Gasteiger partial charge in [-0.1, -0.05) is 23.6 Å². The van der Waals surface area contributed by atoms with Gasteiger partial charge in [0.05, 0.1) is 27.9 Å². The van der Waals surface area contributed by atoms with Crippen LogP contribution < -0.4 is 4.72 Å². The molecule has 2 aromatic carbocycles. The van der Waals surface area contributed by atoms with E-state index in [4.69, 9.17) is 11.6 Å². The molecule has 7 rings (SSSR count). The molecule has 3 heterocycles. The fraction of sp³-hybridized carbons (Fsp3) is 0.351. The minimum Gasteiger partial charge on any atom is -0.378 e. The summed E-state index contributed by atoms with van der Waals surface area (Å²) in [7, 11) is -3.83. The molecule has 0 saturated heterocycles. The Bertz CT molecular complexity index is 2590. The van der Waals surface area contributed by atoms with Crippen LogP contribution in [0, 0.1) is 29.4 Å². The molecular weight excluding hydrogens is 793 g/mol. The van der Waals surface area contributed by atoms with Gasteiger partial charge in [-0.2, -0.15) is 32.1 Å². The number of aromatic nitrogens is 5. The molecule has 294 valence electrons. The van der Waals surface area contributed by atoms with Gasteiger partial charge in [-0.25, -0.2) is 22.2 Å². The minimum atomic E-state index is -5.06. The Hall–Kier alpha value is -4.99. The number of aromatic amines is 1. The van der Waals surface area contributed by atoms with Crippen molar-refractivity contribution in [1.82, 2.24) is 25.0 Å². The van der Waals surface area contributed by atoms with Crippen molar-refractivity contribution >= 4 is 44.1 Å². The number of hydrogen-bond acceptors (Lipinski definition) is 7. The van der Waals surface area contributed by atoms with Crippen LogP contribution >= 0.6 is 11.6 Å². The number of nitrogens with one attached hydrogen (secondary N) is 2. The SMILES string of the molecule is CC(C)(O)C#Cc1ccc(-c2ccc(Cl)c3c(NS(C)(=O)=O)n[nH]c23)c([C@@H](CC(=O)Cn2nc(C(F)(F)F)c3c2C(F)(F)[C@@H]2C[C@H]32)Cc2cc(F)cc(F)c2)n1. The summed E-state index contributed by atoms with van der Waals surface area (Å²) >= 11 is 6.49. The molecule has 3 N–H and O–H groups in total. The Kier molecular flexibility index (Phi) is 9.53. The van der Waals surface area contributed by atoms with Crippen LogP contribution in [0.15, 0.2) is 42.5 Å². The van der Waals surface area contributed by atoms with Crippen LogP contribution in [0.3, 0.4) is 0 Å². The summed E-state index contributed by atoms with van der Waals surface area (Å²) in [5, 5.41) is 20.8. The van der Waals surface area contributed by atoms with E-state index in [2.05, 4.69) is 36.8 Å². The highest BCUT2D eigenvalue weighted by molar-refractivity contribution is 7.92. The third kappa shape index (κ3) is 7.71. The zero-order chi connectivity index (χ0) is 40.7. The lowest BCUT2D eigenvalue weighted by Gasteiger charge is -2.21. The molecule has 2 aliphatic carbocycles. The van der Waals surface area contributed by atoms with E-state index < -0.39 is 92.8 Å². The lowest BCUT2D eigenvalue weighted by atomic mass is 9.86. The quantitative estimate of drug-likeness (QED) is 0.0981. The molecule has 1 fully saturated rings. The molecule has 2 aliphatic rings. The van der Waals surface area contributed by atoms with Gasteiger partial charge in [0.1, 0.15) is 35.2 Å². The van der Waals surface area contributed by atoms with Crippen LogP contribution in [-0.2, 0) is 39.9 Å². The molecule has 5 aromatic rings. The molecule has 10 nitrogen and oxygen atoms in total. The van der Waals surface area contributed by atoms with E-state index in [1.54, 1.807) is 0 Å². The fourth-order valence-electron chi connectivity index (χ4n) is 7.24. The second kappa shape index (κ2) is 13.6. The Morgan fingerprint density at radius 3 is 2.45 bits per heavy atom. The predicted molar refractivity (Wildman–Crippen MR) is 190 cm³/mol. The third-order valence-corrected chi connectivity index (χ3v) is 10.3. The molecule has 0 amide bonds. The van der Waals surface area contributed by atoms with Crippen molar-refractivity contribution in [3.8, 4) is 23.0 Å². The topological polar surface area (TPSA) is 143 Å². The first-order chi connectivity index (χ1) is 26.0. The van der Waals surface area contributed by atoms with E-state index in [0.29, 0.717) is 16.3 Å². The Morgan fingerprint density at radius 1 is 1.12 bits per heavy atom. The van der Waals surface area contributed by atoms with Gasteiger partial charge in [0.25, 0.3) is 5.92 Å². The summed E-state index contributed by atoms with van der Waals surface area (Å²) in [6.45, 7) is 1.85. The number of Topliss-reactive ketones (excluding diaryl/α,β-unsaturated/α-hetero) is 1. The number of carbonyl (C=O) groups excluding carboxylic acids is 1. The Morgan fingerprint density at radius 2 is 1.80 bits per heavy atom. The lowest BCUT2D eigenvalue weighted by molar-refractivity contribution is -0.142. The largest absolute Gasteiger partial charge is 0.435 e. The highest BCUT2D eigenvalue weighted by atomic mass is 35.5. The van der Waals surface area contributed by atoms with Crippen molar-refractivity contribution < 1.29 is 49.1 Å². The summed E-state index contributed by atoms with van der Waals surface area (Å²) < 4.78 is 129. The van der Waals surface area contributed by atoms with E-state index in [-0.39, 0.29) is 57.1 Å². The molecule has 3 atom stereocenters. The molecule has 0 unspecified atom stereocenters. The molecule has 3 aromatic heterocycles. The van der Waals surface area contributed by atoms with Crippen molar-refractivity contribution in [2.24, 2.45) is 5.92 Å². The molecule has 0 spiro atoms. The van der Waals surface area contributed by atoms with Crippen molar-refractivity contribution in [3.05, 3.63) is 93.0 Å². The first-order valence-electron chi connectivity index (χ1n) is 16.9. The van der Waals surface area contributed by atoms with Crippen LogP contribution in [0.25, 0.3) is 22.0 Å². The maximum Gasteiger partial charge on any atom is 0.435 e. The lowest BCUT2D eigenvalue weighted by Crippen LogP contribution is -2.24. The number of nitrogens with zero attached hydrogens (tertiary/aromatic N) is 4.